The van der Waals surface area contributed by atoms with E-state index < -0.39 is 0 Å². The van der Waals surface area contributed by atoms with Gasteiger partial charge in [-0.1, -0.05) is 37.5 Å². The number of hydrogen-bond donors (Lipinski definition) is 0. The van der Waals surface area contributed by atoms with Gasteiger partial charge in [-0.15, -0.1) is 5.10 Å². The second-order valence-electron chi connectivity index (χ2n) is 8.06. The number of amides is 1. The molecule has 0 radical (unpaired) electrons. The Bertz CT molecular complexity index is 1200. The van der Waals surface area contributed by atoms with Gasteiger partial charge < -0.3 is 4.90 Å². The van der Waals surface area contributed by atoms with E-state index in [1.165, 1.54) is 6.42 Å². The quantitative estimate of drug-likeness (QED) is 0.518. The Hall–Kier alpha value is -3.35. The SMILES string of the molecule is Cc1cccc2cc(CN(C(=O)c3ccncc3)C3CCCCC3)c3nnnn3c12. The number of benzene rings is 1. The molecular formula is C23H24N6O. The lowest BCUT2D eigenvalue weighted by Crippen LogP contribution is -2.41. The summed E-state index contributed by atoms with van der Waals surface area (Å²) in [6.07, 6.45) is 8.96. The van der Waals surface area contributed by atoms with Gasteiger partial charge in [0.1, 0.15) is 0 Å². The van der Waals surface area contributed by atoms with E-state index >= 15 is 0 Å². The Morgan fingerprint density at radius 2 is 1.93 bits per heavy atom. The molecule has 1 aromatic carbocycles. The van der Waals surface area contributed by atoms with Gasteiger partial charge in [-0.05, 0) is 54.0 Å². The predicted octanol–water partition coefficient (Wildman–Crippen LogP) is 3.96. The highest BCUT2D eigenvalue weighted by molar-refractivity contribution is 5.94. The second kappa shape index (κ2) is 7.82. The van der Waals surface area contributed by atoms with E-state index in [4.69, 9.17) is 0 Å². The van der Waals surface area contributed by atoms with Crippen LogP contribution in [0.4, 0.5) is 0 Å². The van der Waals surface area contributed by atoms with Crippen LogP contribution in [0.1, 0.15) is 53.6 Å². The van der Waals surface area contributed by atoms with E-state index in [1.54, 1.807) is 29.0 Å². The number of para-hydroxylation sites is 1. The summed E-state index contributed by atoms with van der Waals surface area (Å²) in [5.74, 6) is 0.0410. The van der Waals surface area contributed by atoms with Crippen LogP contribution in [0.15, 0.2) is 48.8 Å². The summed E-state index contributed by atoms with van der Waals surface area (Å²) in [5, 5.41) is 13.5. The first-order chi connectivity index (χ1) is 14.7. The molecule has 4 aromatic rings. The van der Waals surface area contributed by atoms with Crippen LogP contribution in [-0.4, -0.2) is 41.9 Å². The molecule has 1 fully saturated rings. The highest BCUT2D eigenvalue weighted by Gasteiger charge is 2.27. The van der Waals surface area contributed by atoms with Crippen molar-refractivity contribution in [3.05, 3.63) is 65.5 Å². The van der Waals surface area contributed by atoms with Crippen LogP contribution in [0.2, 0.25) is 0 Å². The minimum atomic E-state index is 0.0410. The molecule has 0 bridgehead atoms. The normalized spacial score (nSPS) is 15.0. The van der Waals surface area contributed by atoms with Crippen LogP contribution >= 0.6 is 0 Å². The number of pyridine rings is 2. The maximum atomic E-state index is 13.5. The zero-order chi connectivity index (χ0) is 20.5. The molecule has 7 nitrogen and oxygen atoms in total. The van der Waals surface area contributed by atoms with Crippen LogP contribution in [0.3, 0.4) is 0 Å². The Morgan fingerprint density at radius 1 is 1.13 bits per heavy atom. The number of fused-ring (bicyclic) bond motifs is 3. The largest absolute Gasteiger partial charge is 0.331 e. The monoisotopic (exact) mass is 400 g/mol. The lowest BCUT2D eigenvalue weighted by molar-refractivity contribution is 0.0615. The molecule has 0 spiro atoms. The van der Waals surface area contributed by atoms with Crippen LogP contribution in [-0.2, 0) is 6.54 Å². The summed E-state index contributed by atoms with van der Waals surface area (Å²) in [4.78, 5) is 19.6. The second-order valence-corrected chi connectivity index (χ2v) is 8.06. The average Bonchev–Trinajstić information content (AvgIpc) is 3.28. The van der Waals surface area contributed by atoms with Gasteiger partial charge in [0.15, 0.2) is 5.65 Å². The molecule has 0 unspecified atom stereocenters. The molecule has 0 aliphatic heterocycles. The number of carbonyl (C=O) groups excluding carboxylic acids is 1. The molecule has 3 aromatic heterocycles. The molecule has 7 heteroatoms. The third kappa shape index (κ3) is 3.30. The van der Waals surface area contributed by atoms with Crippen molar-refractivity contribution in [2.75, 3.05) is 0 Å². The van der Waals surface area contributed by atoms with Crippen molar-refractivity contribution in [3.8, 4) is 0 Å². The van der Waals surface area contributed by atoms with Gasteiger partial charge in [-0.3, -0.25) is 9.78 Å². The first kappa shape index (κ1) is 18.7. The van der Waals surface area contributed by atoms with Crippen molar-refractivity contribution in [3.63, 3.8) is 0 Å². The Kier molecular flexibility index (Phi) is 4.86. The summed E-state index contributed by atoms with van der Waals surface area (Å²) in [6, 6.07) is 12.1. The Balaban J connectivity index is 1.59. The molecule has 152 valence electrons. The number of tetrazole rings is 1. The van der Waals surface area contributed by atoms with Gasteiger partial charge in [-0.25, -0.2) is 0 Å². The molecule has 0 saturated heterocycles. The molecule has 30 heavy (non-hydrogen) atoms. The summed E-state index contributed by atoms with van der Waals surface area (Å²) in [6.45, 7) is 2.55. The van der Waals surface area contributed by atoms with E-state index in [0.717, 1.165) is 47.7 Å². The maximum Gasteiger partial charge on any atom is 0.254 e. The van der Waals surface area contributed by atoms with E-state index in [0.29, 0.717) is 17.8 Å². The lowest BCUT2D eigenvalue weighted by atomic mass is 9.93. The smallest absolute Gasteiger partial charge is 0.254 e. The van der Waals surface area contributed by atoms with Crippen LogP contribution in [0.25, 0.3) is 16.6 Å². The van der Waals surface area contributed by atoms with Gasteiger partial charge in [0.05, 0.1) is 12.1 Å². The van der Waals surface area contributed by atoms with Crippen LogP contribution in [0.5, 0.6) is 0 Å². The molecule has 1 aliphatic rings. The topological polar surface area (TPSA) is 76.3 Å². The molecule has 1 amide bonds. The first-order valence-corrected chi connectivity index (χ1v) is 10.5. The minimum absolute atomic E-state index is 0.0410. The summed E-state index contributed by atoms with van der Waals surface area (Å²) < 4.78 is 1.80. The van der Waals surface area contributed by atoms with Crippen LogP contribution in [0, 0.1) is 6.92 Å². The van der Waals surface area contributed by atoms with E-state index in [2.05, 4.69) is 45.6 Å². The van der Waals surface area contributed by atoms with E-state index in [-0.39, 0.29) is 11.9 Å². The number of aryl methyl sites for hydroxylation is 1. The third-order valence-corrected chi connectivity index (χ3v) is 6.11. The third-order valence-electron chi connectivity index (χ3n) is 6.11. The van der Waals surface area contributed by atoms with Crippen molar-refractivity contribution in [2.45, 2.75) is 51.6 Å². The van der Waals surface area contributed by atoms with Gasteiger partial charge in [0.2, 0.25) is 0 Å². The summed E-state index contributed by atoms with van der Waals surface area (Å²) in [7, 11) is 0. The summed E-state index contributed by atoms with van der Waals surface area (Å²) in [5.41, 5.74) is 4.47. The molecule has 1 aliphatic carbocycles. The van der Waals surface area contributed by atoms with Gasteiger partial charge in [0, 0.05) is 34.9 Å². The number of nitrogens with zero attached hydrogens (tertiary/aromatic N) is 6. The molecule has 3 heterocycles. The highest BCUT2D eigenvalue weighted by atomic mass is 16.2. The summed E-state index contributed by atoms with van der Waals surface area (Å²) >= 11 is 0. The Labute approximate surface area is 174 Å². The molecule has 0 atom stereocenters. The van der Waals surface area contributed by atoms with E-state index in [9.17, 15) is 4.79 Å². The zero-order valence-electron chi connectivity index (χ0n) is 17.0. The molecular weight excluding hydrogens is 376 g/mol. The van der Waals surface area contributed by atoms with Gasteiger partial charge in [0.25, 0.3) is 5.91 Å². The number of rotatable bonds is 4. The number of hydrogen-bond acceptors (Lipinski definition) is 5. The lowest BCUT2D eigenvalue weighted by Gasteiger charge is -2.34. The fourth-order valence-corrected chi connectivity index (χ4v) is 4.60. The van der Waals surface area contributed by atoms with Crippen molar-refractivity contribution >= 4 is 22.5 Å². The van der Waals surface area contributed by atoms with Gasteiger partial charge in [-0.2, -0.15) is 4.52 Å². The molecule has 0 N–H and O–H groups in total. The first-order valence-electron chi connectivity index (χ1n) is 10.5. The minimum Gasteiger partial charge on any atom is -0.331 e. The predicted molar refractivity (Wildman–Crippen MR) is 114 cm³/mol. The molecule has 1 saturated carbocycles. The maximum absolute atomic E-state index is 13.5. The standard InChI is InChI=1S/C23H24N6O/c1-16-6-5-7-18-14-19(22-25-26-27-29(22)21(16)18)15-28(20-8-3-2-4-9-20)23(30)17-10-12-24-13-11-17/h5-7,10-14,20H,2-4,8-9,15H2,1H3. The van der Waals surface area contributed by atoms with Crippen molar-refractivity contribution in [1.82, 2.24) is 29.9 Å². The van der Waals surface area contributed by atoms with Gasteiger partial charge >= 0.3 is 0 Å². The van der Waals surface area contributed by atoms with Crippen molar-refractivity contribution in [2.24, 2.45) is 0 Å². The fraction of sp³-hybridized carbons (Fsp3) is 0.348. The Morgan fingerprint density at radius 3 is 2.73 bits per heavy atom. The number of aromatic nitrogens is 5. The van der Waals surface area contributed by atoms with Crippen molar-refractivity contribution < 1.29 is 4.79 Å². The average molecular weight is 400 g/mol. The molecule has 5 rings (SSSR count). The number of carbonyl (C=O) groups is 1. The highest BCUT2D eigenvalue weighted by Crippen LogP contribution is 2.28. The van der Waals surface area contributed by atoms with Crippen molar-refractivity contribution in [1.29, 1.82) is 0 Å². The van der Waals surface area contributed by atoms with E-state index in [1.807, 2.05) is 11.0 Å². The zero-order valence-corrected chi connectivity index (χ0v) is 17.0. The fourth-order valence-electron chi connectivity index (χ4n) is 4.60. The van der Waals surface area contributed by atoms with Crippen LogP contribution < -0.4 is 0 Å².